The molecule has 0 unspecified atom stereocenters. The Balaban J connectivity index is 2.32. The number of amidine groups is 1. The summed E-state index contributed by atoms with van der Waals surface area (Å²) in [5, 5.41) is 10.9. The molecule has 7 nitrogen and oxygen atoms in total. The fraction of sp³-hybridized carbons (Fsp3) is 0.406. The molecular formula is C32H40Cl2N4O3. The number of pyridine rings is 1. The van der Waals surface area contributed by atoms with Gasteiger partial charge in [0.2, 0.25) is 0 Å². The van der Waals surface area contributed by atoms with Crippen LogP contribution in [0.15, 0.2) is 65.8 Å². The molecule has 0 bridgehead atoms. The molecule has 2 aromatic carbocycles. The van der Waals surface area contributed by atoms with Crippen molar-refractivity contribution in [3.05, 3.63) is 93.2 Å². The topological polar surface area (TPSA) is 78.3 Å². The van der Waals surface area contributed by atoms with Crippen LogP contribution in [0.1, 0.15) is 63.9 Å². The lowest BCUT2D eigenvalue weighted by molar-refractivity contribution is 0.141. The predicted molar refractivity (Wildman–Crippen MR) is 167 cm³/mol. The second-order valence-electron chi connectivity index (χ2n) is 11.3. The summed E-state index contributed by atoms with van der Waals surface area (Å²) in [5.41, 5.74) is 2.10. The third-order valence-corrected chi connectivity index (χ3v) is 7.28. The minimum atomic E-state index is -0.892. The number of rotatable bonds is 9. The normalized spacial score (nSPS) is 12.3. The number of aromatic nitrogens is 1. The average molecular weight is 600 g/mol. The highest BCUT2D eigenvalue weighted by molar-refractivity contribution is 6.30. The molecule has 3 rings (SSSR count). The molecule has 0 spiro atoms. The lowest BCUT2D eigenvalue weighted by atomic mass is 9.90. The first-order valence-corrected chi connectivity index (χ1v) is 14.4. The van der Waals surface area contributed by atoms with Crippen molar-refractivity contribution in [3.63, 3.8) is 0 Å². The first kappa shape index (κ1) is 32.4. The molecule has 1 aromatic heterocycles. The smallest absolute Gasteiger partial charge is 0.326 e. The molecule has 0 aliphatic carbocycles. The van der Waals surface area contributed by atoms with Crippen molar-refractivity contribution in [2.75, 3.05) is 26.8 Å². The zero-order chi connectivity index (χ0) is 30.4. The van der Waals surface area contributed by atoms with E-state index in [1.165, 1.54) is 4.90 Å². The van der Waals surface area contributed by atoms with Crippen molar-refractivity contribution in [2.45, 2.75) is 59.0 Å². The van der Waals surface area contributed by atoms with E-state index in [0.29, 0.717) is 33.8 Å². The van der Waals surface area contributed by atoms with Gasteiger partial charge in [-0.1, -0.05) is 68.2 Å². The Kier molecular flexibility index (Phi) is 10.8. The van der Waals surface area contributed by atoms with Gasteiger partial charge in [0.1, 0.15) is 11.6 Å². The summed E-state index contributed by atoms with van der Waals surface area (Å²) in [6.07, 6.45) is 1.73. The van der Waals surface area contributed by atoms with Crippen molar-refractivity contribution < 1.29 is 14.6 Å². The van der Waals surface area contributed by atoms with Gasteiger partial charge in [0, 0.05) is 47.0 Å². The summed E-state index contributed by atoms with van der Waals surface area (Å²) in [7, 11) is 1.66. The van der Waals surface area contributed by atoms with Gasteiger partial charge in [-0.25, -0.2) is 4.79 Å². The van der Waals surface area contributed by atoms with E-state index in [1.54, 1.807) is 30.3 Å². The highest BCUT2D eigenvalue weighted by atomic mass is 35.5. The second-order valence-corrected chi connectivity index (χ2v) is 12.2. The van der Waals surface area contributed by atoms with Crippen molar-refractivity contribution in [1.29, 1.82) is 0 Å². The lowest BCUT2D eigenvalue weighted by Gasteiger charge is -2.41. The van der Waals surface area contributed by atoms with E-state index < -0.39 is 5.54 Å². The van der Waals surface area contributed by atoms with Gasteiger partial charge in [-0.15, -0.1) is 0 Å². The number of nitrogens with zero attached hydrogens (tertiary/aromatic N) is 4. The Bertz CT molecular complexity index is 1350. The number of likely N-dealkylation sites (N-methyl/N-ethyl adjacent to an activating group) is 1. The Morgan fingerprint density at radius 1 is 1.00 bits per heavy atom. The van der Waals surface area contributed by atoms with Gasteiger partial charge in [0.15, 0.2) is 0 Å². The number of carbonyl (C=O) groups is 1. The van der Waals surface area contributed by atoms with Crippen molar-refractivity contribution >= 4 is 35.1 Å². The number of urea groups is 1. The predicted octanol–water partition coefficient (Wildman–Crippen LogP) is 7.31. The molecule has 1 N–H and O–H groups in total. The minimum absolute atomic E-state index is 0.149. The van der Waals surface area contributed by atoms with Crippen LogP contribution in [0, 0.1) is 0 Å². The number of aliphatic hydroxyl groups excluding tert-OH is 1. The molecule has 0 fully saturated rings. The van der Waals surface area contributed by atoms with Gasteiger partial charge >= 0.3 is 6.03 Å². The van der Waals surface area contributed by atoms with E-state index in [-0.39, 0.29) is 31.1 Å². The van der Waals surface area contributed by atoms with E-state index >= 15 is 0 Å². The van der Waals surface area contributed by atoms with Crippen molar-refractivity contribution in [2.24, 2.45) is 4.99 Å². The third kappa shape index (κ3) is 8.00. The van der Waals surface area contributed by atoms with Crippen LogP contribution in [0.5, 0.6) is 5.75 Å². The number of hydrogen-bond acceptors (Lipinski definition) is 5. The van der Waals surface area contributed by atoms with Crippen LogP contribution in [-0.4, -0.2) is 58.6 Å². The fourth-order valence-corrected chi connectivity index (χ4v) is 4.57. The van der Waals surface area contributed by atoms with E-state index in [0.717, 1.165) is 16.8 Å². The third-order valence-electron chi connectivity index (χ3n) is 6.77. The zero-order valence-corrected chi connectivity index (χ0v) is 26.4. The van der Waals surface area contributed by atoms with Crippen LogP contribution < -0.4 is 4.74 Å². The lowest BCUT2D eigenvalue weighted by Crippen LogP contribution is -2.54. The first-order chi connectivity index (χ1) is 19.3. The van der Waals surface area contributed by atoms with Gasteiger partial charge in [0.05, 0.1) is 30.9 Å². The molecule has 0 saturated heterocycles. The quantitative estimate of drug-likeness (QED) is 0.207. The van der Waals surface area contributed by atoms with Crippen molar-refractivity contribution in [3.8, 4) is 5.75 Å². The Hall–Kier alpha value is -3.13. The molecule has 3 aromatic rings. The molecule has 0 atom stereocenters. The Morgan fingerprint density at radius 3 is 2.12 bits per heavy atom. The number of amides is 2. The molecule has 41 heavy (non-hydrogen) atoms. The Labute approximate surface area is 253 Å². The monoisotopic (exact) mass is 598 g/mol. The fourth-order valence-electron chi connectivity index (χ4n) is 4.32. The molecule has 0 aliphatic heterocycles. The Morgan fingerprint density at radius 2 is 1.59 bits per heavy atom. The molecule has 0 radical (unpaired) electrons. The molecule has 0 aliphatic rings. The van der Waals surface area contributed by atoms with Gasteiger partial charge in [0.25, 0.3) is 0 Å². The number of carbonyl (C=O) groups excluding carboxylic acids is 1. The first-order valence-electron chi connectivity index (χ1n) is 13.6. The standard InChI is InChI=1S/C32H40Cl2N4O3/c1-8-41-27-19-28(31(2,3)4)35-21-26(27)29(36-20-22-9-13-24(33)14-10-22)38(30(40)37(7)17-18-39)32(5,6)23-11-15-25(34)16-12-23/h9-16,19,21,39H,8,17-18,20H2,1-7H3/b36-29-. The van der Waals surface area contributed by atoms with Crippen molar-refractivity contribution in [1.82, 2.24) is 14.8 Å². The SMILES string of the molecule is CCOc1cc(C(C)(C)C)ncc1/C(=N/Cc1ccc(Cl)cc1)N(C(=O)N(C)CCO)C(C)(C)c1ccc(Cl)cc1. The van der Waals surface area contributed by atoms with Crippen LogP contribution in [0.25, 0.3) is 0 Å². The molecule has 1 heterocycles. The van der Waals surface area contributed by atoms with Crippen LogP contribution in [-0.2, 0) is 17.5 Å². The number of aliphatic imine (C=N–C) groups is 1. The zero-order valence-electron chi connectivity index (χ0n) is 24.9. The summed E-state index contributed by atoms with van der Waals surface area (Å²) in [6, 6.07) is 16.4. The average Bonchev–Trinajstić information content (AvgIpc) is 2.91. The number of aliphatic hydroxyl groups is 1. The van der Waals surface area contributed by atoms with Crippen LogP contribution >= 0.6 is 23.2 Å². The van der Waals surface area contributed by atoms with Crippen LogP contribution in [0.3, 0.4) is 0 Å². The molecule has 9 heteroatoms. The van der Waals surface area contributed by atoms with E-state index in [9.17, 15) is 9.90 Å². The van der Waals surface area contributed by atoms with Gasteiger partial charge in [-0.3, -0.25) is 14.9 Å². The maximum absolute atomic E-state index is 14.2. The minimum Gasteiger partial charge on any atom is -0.493 e. The van der Waals surface area contributed by atoms with Gasteiger partial charge < -0.3 is 14.7 Å². The molecule has 0 saturated carbocycles. The van der Waals surface area contributed by atoms with E-state index in [2.05, 4.69) is 20.8 Å². The van der Waals surface area contributed by atoms with E-state index in [1.807, 2.05) is 63.2 Å². The van der Waals surface area contributed by atoms with Gasteiger partial charge in [-0.2, -0.15) is 0 Å². The number of benzene rings is 2. The molecule has 2 amide bonds. The van der Waals surface area contributed by atoms with E-state index in [4.69, 9.17) is 37.9 Å². The number of hydrogen-bond donors (Lipinski definition) is 1. The summed E-state index contributed by atoms with van der Waals surface area (Å²) in [4.78, 5) is 27.2. The summed E-state index contributed by atoms with van der Waals surface area (Å²) < 4.78 is 6.15. The summed E-state index contributed by atoms with van der Waals surface area (Å²) in [5.74, 6) is 0.975. The van der Waals surface area contributed by atoms with Crippen LogP contribution in [0.4, 0.5) is 4.79 Å². The van der Waals surface area contributed by atoms with Crippen LogP contribution in [0.2, 0.25) is 10.0 Å². The number of halogens is 2. The molecular weight excluding hydrogens is 559 g/mol. The second kappa shape index (κ2) is 13.7. The maximum atomic E-state index is 14.2. The largest absolute Gasteiger partial charge is 0.493 e. The number of ether oxygens (including phenoxy) is 1. The summed E-state index contributed by atoms with van der Waals surface area (Å²) >= 11 is 12.3. The highest BCUT2D eigenvalue weighted by Crippen LogP contribution is 2.35. The van der Waals surface area contributed by atoms with Gasteiger partial charge in [-0.05, 0) is 56.2 Å². The highest BCUT2D eigenvalue weighted by Gasteiger charge is 2.39. The maximum Gasteiger partial charge on any atom is 0.326 e. The summed E-state index contributed by atoms with van der Waals surface area (Å²) in [6.45, 7) is 12.8. The molecule has 220 valence electrons.